The van der Waals surface area contributed by atoms with Crippen molar-refractivity contribution in [2.75, 3.05) is 12.8 Å². The van der Waals surface area contributed by atoms with E-state index in [0.717, 1.165) is 19.4 Å². The molecule has 0 aromatic heterocycles. The van der Waals surface area contributed by atoms with Crippen molar-refractivity contribution in [1.82, 2.24) is 5.32 Å². The first-order chi connectivity index (χ1) is 8.24. The molecule has 1 atom stereocenters. The number of nitrogens with one attached hydrogen (secondary N) is 1. The Morgan fingerprint density at radius 1 is 1.39 bits per heavy atom. The van der Waals surface area contributed by atoms with Crippen LogP contribution in [0, 0.1) is 6.92 Å². The van der Waals surface area contributed by atoms with E-state index >= 15 is 0 Å². The standard InChI is InChI=1S/C13H19NO3S/c1-9-7-12(18(3,16)17)10(8-11(9)15)13(2)5-4-6-14-13/h7-8,14-15H,4-6H2,1-3H3. The summed E-state index contributed by atoms with van der Waals surface area (Å²) in [6.45, 7) is 4.56. The number of rotatable bonds is 2. The molecule has 0 spiro atoms. The van der Waals surface area contributed by atoms with Crippen LogP contribution in [0.15, 0.2) is 17.0 Å². The van der Waals surface area contributed by atoms with Crippen molar-refractivity contribution in [3.05, 3.63) is 23.3 Å². The Hall–Kier alpha value is -1.07. The fourth-order valence-electron chi connectivity index (χ4n) is 2.53. The molecule has 4 nitrogen and oxygen atoms in total. The van der Waals surface area contributed by atoms with Crippen molar-refractivity contribution in [3.63, 3.8) is 0 Å². The number of sulfone groups is 1. The van der Waals surface area contributed by atoms with Gasteiger partial charge in [0.15, 0.2) is 9.84 Å². The Kier molecular flexibility index (Phi) is 3.15. The summed E-state index contributed by atoms with van der Waals surface area (Å²) < 4.78 is 23.8. The predicted octanol–water partition coefficient (Wildman–Crippen LogP) is 1.70. The smallest absolute Gasteiger partial charge is 0.175 e. The van der Waals surface area contributed by atoms with Gasteiger partial charge in [0, 0.05) is 11.8 Å². The quantitative estimate of drug-likeness (QED) is 0.857. The van der Waals surface area contributed by atoms with E-state index in [1.807, 2.05) is 6.92 Å². The number of hydrogen-bond acceptors (Lipinski definition) is 4. The van der Waals surface area contributed by atoms with Gasteiger partial charge in [-0.15, -0.1) is 0 Å². The van der Waals surface area contributed by atoms with Crippen LogP contribution in [0.25, 0.3) is 0 Å². The second kappa shape index (κ2) is 4.24. The molecule has 2 rings (SSSR count). The first-order valence-corrected chi connectivity index (χ1v) is 7.92. The molecular weight excluding hydrogens is 250 g/mol. The number of benzene rings is 1. The predicted molar refractivity (Wildman–Crippen MR) is 70.5 cm³/mol. The highest BCUT2D eigenvalue weighted by Gasteiger charge is 2.34. The maximum absolute atomic E-state index is 11.9. The van der Waals surface area contributed by atoms with Gasteiger partial charge in [0.1, 0.15) is 5.75 Å². The van der Waals surface area contributed by atoms with Crippen molar-refractivity contribution in [2.24, 2.45) is 0 Å². The second-order valence-electron chi connectivity index (χ2n) is 5.27. The van der Waals surface area contributed by atoms with Gasteiger partial charge in [0.05, 0.1) is 4.90 Å². The van der Waals surface area contributed by atoms with Crippen LogP contribution in [0.5, 0.6) is 5.75 Å². The molecular formula is C13H19NO3S. The summed E-state index contributed by atoms with van der Waals surface area (Å²) in [5.74, 6) is 0.146. The van der Waals surface area contributed by atoms with E-state index in [4.69, 9.17) is 0 Å². The van der Waals surface area contributed by atoms with Crippen LogP contribution >= 0.6 is 0 Å². The Morgan fingerprint density at radius 3 is 2.56 bits per heavy atom. The normalized spacial score (nSPS) is 24.4. The molecule has 2 N–H and O–H groups in total. The molecule has 18 heavy (non-hydrogen) atoms. The third-order valence-electron chi connectivity index (χ3n) is 3.66. The molecule has 1 fully saturated rings. The first kappa shape index (κ1) is 13.4. The number of phenols is 1. The van der Waals surface area contributed by atoms with E-state index in [1.54, 1.807) is 19.1 Å². The SMILES string of the molecule is Cc1cc(S(C)(=O)=O)c(C2(C)CCCN2)cc1O. The summed E-state index contributed by atoms with van der Waals surface area (Å²) in [4.78, 5) is 0.315. The van der Waals surface area contributed by atoms with Gasteiger partial charge in [-0.3, -0.25) is 0 Å². The monoisotopic (exact) mass is 269 g/mol. The molecule has 1 unspecified atom stereocenters. The van der Waals surface area contributed by atoms with E-state index in [-0.39, 0.29) is 11.3 Å². The van der Waals surface area contributed by atoms with E-state index in [1.165, 1.54) is 6.26 Å². The third kappa shape index (κ3) is 2.24. The zero-order valence-corrected chi connectivity index (χ0v) is 11.8. The molecule has 0 bridgehead atoms. The van der Waals surface area contributed by atoms with Crippen LogP contribution in [-0.2, 0) is 15.4 Å². The topological polar surface area (TPSA) is 66.4 Å². The average molecular weight is 269 g/mol. The van der Waals surface area contributed by atoms with Gasteiger partial charge in [0.2, 0.25) is 0 Å². The highest BCUT2D eigenvalue weighted by atomic mass is 32.2. The third-order valence-corrected chi connectivity index (χ3v) is 4.80. The number of phenolic OH excluding ortho intramolecular Hbond substituents is 1. The zero-order chi connectivity index (χ0) is 13.6. The zero-order valence-electron chi connectivity index (χ0n) is 10.9. The van der Waals surface area contributed by atoms with Crippen LogP contribution in [0.4, 0.5) is 0 Å². The lowest BCUT2D eigenvalue weighted by atomic mass is 9.89. The summed E-state index contributed by atoms with van der Waals surface area (Å²) in [5, 5.41) is 13.2. The van der Waals surface area contributed by atoms with Gasteiger partial charge in [0.25, 0.3) is 0 Å². The summed E-state index contributed by atoms with van der Waals surface area (Å²) >= 11 is 0. The molecule has 0 amide bonds. The van der Waals surface area contributed by atoms with Crippen molar-refractivity contribution in [1.29, 1.82) is 0 Å². The van der Waals surface area contributed by atoms with Crippen molar-refractivity contribution >= 4 is 9.84 Å². The van der Waals surface area contributed by atoms with E-state index in [9.17, 15) is 13.5 Å². The first-order valence-electron chi connectivity index (χ1n) is 6.03. The van der Waals surface area contributed by atoms with Gasteiger partial charge in [-0.05, 0) is 56.5 Å². The van der Waals surface area contributed by atoms with Gasteiger partial charge in [-0.25, -0.2) is 8.42 Å². The maximum Gasteiger partial charge on any atom is 0.175 e. The Labute approximate surface area is 108 Å². The number of hydrogen-bond donors (Lipinski definition) is 2. The fourth-order valence-corrected chi connectivity index (χ4v) is 3.61. The molecule has 100 valence electrons. The molecule has 1 heterocycles. The van der Waals surface area contributed by atoms with Crippen molar-refractivity contribution in [3.8, 4) is 5.75 Å². The second-order valence-corrected chi connectivity index (χ2v) is 7.25. The van der Waals surface area contributed by atoms with Gasteiger partial charge >= 0.3 is 0 Å². The van der Waals surface area contributed by atoms with E-state index in [0.29, 0.717) is 16.0 Å². The van der Waals surface area contributed by atoms with E-state index < -0.39 is 9.84 Å². The van der Waals surface area contributed by atoms with Gasteiger partial charge in [-0.1, -0.05) is 0 Å². The van der Waals surface area contributed by atoms with Crippen LogP contribution in [-0.4, -0.2) is 26.3 Å². The summed E-state index contributed by atoms with van der Waals surface area (Å²) in [6, 6.07) is 3.15. The lowest BCUT2D eigenvalue weighted by Crippen LogP contribution is -2.34. The van der Waals surface area contributed by atoms with Gasteiger partial charge in [-0.2, -0.15) is 0 Å². The van der Waals surface area contributed by atoms with Crippen LogP contribution in [0.3, 0.4) is 0 Å². The fraction of sp³-hybridized carbons (Fsp3) is 0.538. The average Bonchev–Trinajstić information content (AvgIpc) is 2.68. The van der Waals surface area contributed by atoms with Crippen LogP contribution in [0.1, 0.15) is 30.9 Å². The molecule has 1 aromatic rings. The minimum Gasteiger partial charge on any atom is -0.508 e. The number of aryl methyl sites for hydroxylation is 1. The molecule has 1 aliphatic heterocycles. The molecule has 1 aromatic carbocycles. The van der Waals surface area contributed by atoms with Crippen LogP contribution < -0.4 is 5.32 Å². The summed E-state index contributed by atoms with van der Waals surface area (Å²) in [6.07, 6.45) is 3.09. The van der Waals surface area contributed by atoms with Crippen molar-refractivity contribution < 1.29 is 13.5 Å². The Morgan fingerprint density at radius 2 is 2.06 bits per heavy atom. The Balaban J connectivity index is 2.69. The molecule has 5 heteroatoms. The lowest BCUT2D eigenvalue weighted by Gasteiger charge is -2.27. The van der Waals surface area contributed by atoms with Crippen molar-refractivity contribution in [2.45, 2.75) is 37.1 Å². The largest absolute Gasteiger partial charge is 0.508 e. The highest BCUT2D eigenvalue weighted by Crippen LogP contribution is 2.37. The number of aromatic hydroxyl groups is 1. The van der Waals surface area contributed by atoms with Gasteiger partial charge < -0.3 is 10.4 Å². The van der Waals surface area contributed by atoms with E-state index in [2.05, 4.69) is 5.32 Å². The molecule has 1 aliphatic rings. The molecule has 0 radical (unpaired) electrons. The lowest BCUT2D eigenvalue weighted by molar-refractivity contribution is 0.416. The maximum atomic E-state index is 11.9. The minimum atomic E-state index is -3.30. The summed E-state index contributed by atoms with van der Waals surface area (Å²) in [5.41, 5.74) is 0.884. The Bertz CT molecular complexity index is 572. The highest BCUT2D eigenvalue weighted by molar-refractivity contribution is 7.90. The molecule has 0 saturated carbocycles. The minimum absolute atomic E-state index is 0.146. The van der Waals surface area contributed by atoms with Crippen LogP contribution in [0.2, 0.25) is 0 Å². The summed E-state index contributed by atoms with van der Waals surface area (Å²) in [7, 11) is -3.30. The molecule has 1 saturated heterocycles. The molecule has 0 aliphatic carbocycles.